The number of carbonyl (C=O) groups is 2. The third-order valence-corrected chi connectivity index (χ3v) is 2.90. The van der Waals surface area contributed by atoms with Gasteiger partial charge in [-0.05, 0) is 19.8 Å². The Kier molecular flexibility index (Phi) is 5.55. The number of terminal acetylenes is 1. The lowest BCUT2D eigenvalue weighted by Gasteiger charge is -2.16. The predicted octanol–water partition coefficient (Wildman–Crippen LogP) is 1.25. The smallest absolute Gasteiger partial charge is 0.308 e. The molecule has 17 heavy (non-hydrogen) atoms. The molecule has 0 heterocycles. The van der Waals surface area contributed by atoms with Gasteiger partial charge in [-0.1, -0.05) is 18.8 Å². The maximum atomic E-state index is 11.8. The van der Waals surface area contributed by atoms with Gasteiger partial charge in [0, 0.05) is 12.0 Å². The van der Waals surface area contributed by atoms with Crippen LogP contribution in [0.4, 0.5) is 0 Å². The monoisotopic (exact) mass is 237 g/mol. The minimum Gasteiger partial charge on any atom is -0.452 e. The topological polar surface area (TPSA) is 55.4 Å². The van der Waals surface area contributed by atoms with Crippen LogP contribution in [0.15, 0.2) is 0 Å². The number of ether oxygens (including phenoxy) is 1. The van der Waals surface area contributed by atoms with E-state index in [1.165, 1.54) is 0 Å². The third-order valence-electron chi connectivity index (χ3n) is 2.90. The van der Waals surface area contributed by atoms with E-state index in [2.05, 4.69) is 11.2 Å². The van der Waals surface area contributed by atoms with Crippen molar-refractivity contribution in [2.24, 2.45) is 5.92 Å². The highest BCUT2D eigenvalue weighted by atomic mass is 16.5. The summed E-state index contributed by atoms with van der Waals surface area (Å²) < 4.78 is 4.74. The number of esters is 1. The third kappa shape index (κ3) is 4.90. The number of hydrogen-bond donors (Lipinski definition) is 1. The first-order valence-corrected chi connectivity index (χ1v) is 6.03. The van der Waals surface area contributed by atoms with E-state index in [9.17, 15) is 9.59 Å². The average Bonchev–Trinajstić information content (AvgIpc) is 2.79. The van der Waals surface area contributed by atoms with Crippen LogP contribution in [0.5, 0.6) is 0 Å². The summed E-state index contributed by atoms with van der Waals surface area (Å²) in [7, 11) is 0. The molecule has 1 fully saturated rings. The molecule has 1 saturated carbocycles. The summed E-state index contributed by atoms with van der Waals surface area (Å²) in [5.74, 6) is 2.03. The zero-order valence-corrected chi connectivity index (χ0v) is 10.2. The van der Waals surface area contributed by atoms with Crippen molar-refractivity contribution in [3.05, 3.63) is 0 Å². The molecule has 1 atom stereocenters. The zero-order valence-electron chi connectivity index (χ0n) is 10.2. The molecule has 0 saturated heterocycles. The van der Waals surface area contributed by atoms with Crippen LogP contribution in [-0.2, 0) is 14.3 Å². The standard InChI is InChI=1S/C13H19NO3/c1-3-8-17-12(15)9-10(2)14-13(16)11-6-4-5-7-11/h1,10-11H,4-9H2,2H3,(H,14,16). The Bertz CT molecular complexity index is 313. The molecular weight excluding hydrogens is 218 g/mol. The summed E-state index contributed by atoms with van der Waals surface area (Å²) in [6, 6.07) is -0.201. The molecule has 1 unspecified atom stereocenters. The van der Waals surface area contributed by atoms with Crippen molar-refractivity contribution in [3.63, 3.8) is 0 Å². The molecule has 0 bridgehead atoms. The van der Waals surface area contributed by atoms with Crippen LogP contribution in [0.2, 0.25) is 0 Å². The molecule has 0 aliphatic heterocycles. The Balaban J connectivity index is 2.24. The SMILES string of the molecule is C#CCOC(=O)CC(C)NC(=O)C1CCCC1. The number of hydrogen-bond acceptors (Lipinski definition) is 3. The van der Waals surface area contributed by atoms with E-state index in [1.54, 1.807) is 6.92 Å². The van der Waals surface area contributed by atoms with Crippen molar-refractivity contribution in [2.45, 2.75) is 45.1 Å². The lowest BCUT2D eigenvalue weighted by Crippen LogP contribution is -2.37. The lowest BCUT2D eigenvalue weighted by atomic mass is 10.1. The molecule has 1 aliphatic rings. The van der Waals surface area contributed by atoms with Gasteiger partial charge in [0.05, 0.1) is 6.42 Å². The largest absolute Gasteiger partial charge is 0.452 e. The molecule has 1 N–H and O–H groups in total. The molecule has 1 amide bonds. The fourth-order valence-electron chi connectivity index (χ4n) is 2.03. The van der Waals surface area contributed by atoms with Crippen LogP contribution in [0.3, 0.4) is 0 Å². The van der Waals surface area contributed by atoms with Crippen LogP contribution >= 0.6 is 0 Å². The fraction of sp³-hybridized carbons (Fsp3) is 0.692. The molecule has 0 radical (unpaired) electrons. The minimum absolute atomic E-state index is 0.0118. The van der Waals surface area contributed by atoms with E-state index in [-0.39, 0.29) is 36.9 Å². The molecule has 1 aliphatic carbocycles. The molecular formula is C13H19NO3. The Morgan fingerprint density at radius 3 is 2.71 bits per heavy atom. The fourth-order valence-corrected chi connectivity index (χ4v) is 2.03. The van der Waals surface area contributed by atoms with Gasteiger partial charge >= 0.3 is 5.97 Å². The maximum absolute atomic E-state index is 11.8. The van der Waals surface area contributed by atoms with Crippen molar-refractivity contribution in [1.29, 1.82) is 0 Å². The second kappa shape index (κ2) is 6.95. The van der Waals surface area contributed by atoms with Crippen molar-refractivity contribution < 1.29 is 14.3 Å². The molecule has 0 spiro atoms. The van der Waals surface area contributed by atoms with Crippen LogP contribution in [0.1, 0.15) is 39.0 Å². The van der Waals surface area contributed by atoms with Gasteiger partial charge in [0.1, 0.15) is 0 Å². The maximum Gasteiger partial charge on any atom is 0.308 e. The Morgan fingerprint density at radius 1 is 1.47 bits per heavy atom. The van der Waals surface area contributed by atoms with Gasteiger partial charge in [-0.3, -0.25) is 9.59 Å². The van der Waals surface area contributed by atoms with Crippen LogP contribution < -0.4 is 5.32 Å². The molecule has 0 aromatic carbocycles. The summed E-state index contributed by atoms with van der Waals surface area (Å²) >= 11 is 0. The summed E-state index contributed by atoms with van der Waals surface area (Å²) in [4.78, 5) is 23.0. The Morgan fingerprint density at radius 2 is 2.12 bits per heavy atom. The molecule has 0 aromatic heterocycles. The van der Waals surface area contributed by atoms with Gasteiger partial charge in [0.2, 0.25) is 5.91 Å². The molecule has 4 heteroatoms. The highest BCUT2D eigenvalue weighted by Gasteiger charge is 2.24. The van der Waals surface area contributed by atoms with E-state index in [1.807, 2.05) is 0 Å². The summed E-state index contributed by atoms with van der Waals surface area (Å²) in [6.07, 6.45) is 9.30. The Labute approximate surface area is 102 Å². The van der Waals surface area contributed by atoms with Crippen molar-refractivity contribution in [1.82, 2.24) is 5.32 Å². The van der Waals surface area contributed by atoms with E-state index in [0.717, 1.165) is 25.7 Å². The van der Waals surface area contributed by atoms with E-state index in [4.69, 9.17) is 11.2 Å². The highest BCUT2D eigenvalue weighted by Crippen LogP contribution is 2.24. The average molecular weight is 237 g/mol. The summed E-state index contributed by atoms with van der Waals surface area (Å²) in [5.41, 5.74) is 0. The number of carbonyl (C=O) groups excluding carboxylic acids is 2. The minimum atomic E-state index is -0.373. The number of rotatable bonds is 5. The molecule has 0 aromatic rings. The second-order valence-corrected chi connectivity index (χ2v) is 4.46. The van der Waals surface area contributed by atoms with E-state index < -0.39 is 0 Å². The van der Waals surface area contributed by atoms with Gasteiger partial charge < -0.3 is 10.1 Å². The first kappa shape index (κ1) is 13.6. The van der Waals surface area contributed by atoms with Crippen molar-refractivity contribution >= 4 is 11.9 Å². The van der Waals surface area contributed by atoms with Gasteiger partial charge in [-0.25, -0.2) is 0 Å². The van der Waals surface area contributed by atoms with Crippen LogP contribution in [0, 0.1) is 18.3 Å². The predicted molar refractivity (Wildman–Crippen MR) is 64.0 cm³/mol. The Hall–Kier alpha value is -1.50. The number of nitrogens with one attached hydrogen (secondary N) is 1. The highest BCUT2D eigenvalue weighted by molar-refractivity contribution is 5.80. The van der Waals surface area contributed by atoms with Gasteiger partial charge in [-0.2, -0.15) is 0 Å². The number of amides is 1. The van der Waals surface area contributed by atoms with E-state index >= 15 is 0 Å². The van der Waals surface area contributed by atoms with E-state index in [0.29, 0.717) is 0 Å². The van der Waals surface area contributed by atoms with Gasteiger partial charge in [0.15, 0.2) is 6.61 Å². The lowest BCUT2D eigenvalue weighted by molar-refractivity contribution is -0.142. The molecule has 94 valence electrons. The van der Waals surface area contributed by atoms with Crippen LogP contribution in [0.25, 0.3) is 0 Å². The van der Waals surface area contributed by atoms with Crippen LogP contribution in [-0.4, -0.2) is 24.5 Å². The summed E-state index contributed by atoms with van der Waals surface area (Å²) in [5, 5.41) is 2.84. The quantitative estimate of drug-likeness (QED) is 0.578. The van der Waals surface area contributed by atoms with Gasteiger partial charge in [-0.15, -0.1) is 6.42 Å². The first-order valence-electron chi connectivity index (χ1n) is 6.03. The molecule has 1 rings (SSSR count). The molecule has 4 nitrogen and oxygen atoms in total. The summed E-state index contributed by atoms with van der Waals surface area (Å²) in [6.45, 7) is 1.78. The second-order valence-electron chi connectivity index (χ2n) is 4.46. The van der Waals surface area contributed by atoms with Crippen molar-refractivity contribution in [2.75, 3.05) is 6.61 Å². The first-order chi connectivity index (χ1) is 8.13. The normalized spacial score (nSPS) is 17.2. The zero-order chi connectivity index (χ0) is 12.7. The van der Waals surface area contributed by atoms with Gasteiger partial charge in [0.25, 0.3) is 0 Å². The van der Waals surface area contributed by atoms with Crippen molar-refractivity contribution in [3.8, 4) is 12.3 Å².